The van der Waals surface area contributed by atoms with E-state index in [0.29, 0.717) is 17.1 Å². The molecular formula is C20H28O. The molecule has 4 aliphatic carbocycles. The smallest absolute Gasteiger partial charge is 0.144 e. The second-order valence-electron chi connectivity index (χ2n) is 9.14. The standard InChI is InChI=1S/C20H28O/c1-12(2)13-6-7-18(3)8-9-19(4)11-15(21)20(5)10-14(20)17(19)16(13)18/h12H,6-11H2,1-5H3. The highest BCUT2D eigenvalue weighted by molar-refractivity contribution is 5.96. The van der Waals surface area contributed by atoms with Gasteiger partial charge >= 0.3 is 0 Å². The molecule has 3 unspecified atom stereocenters. The summed E-state index contributed by atoms with van der Waals surface area (Å²) in [6.45, 7) is 11.7. The van der Waals surface area contributed by atoms with Crippen molar-refractivity contribution in [1.29, 1.82) is 0 Å². The molecule has 0 spiro atoms. The van der Waals surface area contributed by atoms with E-state index in [1.165, 1.54) is 31.3 Å². The Morgan fingerprint density at radius 2 is 1.57 bits per heavy atom. The van der Waals surface area contributed by atoms with Crippen LogP contribution >= 0.6 is 0 Å². The van der Waals surface area contributed by atoms with E-state index in [9.17, 15) is 4.79 Å². The maximum absolute atomic E-state index is 12.6. The molecule has 0 saturated heterocycles. The van der Waals surface area contributed by atoms with Crippen LogP contribution in [0.15, 0.2) is 22.3 Å². The maximum Gasteiger partial charge on any atom is 0.144 e. The molecule has 1 heteroatoms. The van der Waals surface area contributed by atoms with Crippen molar-refractivity contribution in [3.05, 3.63) is 22.3 Å². The fourth-order valence-corrected chi connectivity index (χ4v) is 5.50. The van der Waals surface area contributed by atoms with Crippen molar-refractivity contribution in [3.8, 4) is 0 Å². The van der Waals surface area contributed by atoms with Crippen molar-refractivity contribution >= 4 is 5.78 Å². The van der Waals surface area contributed by atoms with E-state index in [-0.39, 0.29) is 10.8 Å². The SMILES string of the molecule is CC(C)C1=C2C3=C4CC4(C)C(=O)CC3(C)CCC2(C)CC1. The summed E-state index contributed by atoms with van der Waals surface area (Å²) in [7, 11) is 0. The molecule has 0 bridgehead atoms. The zero-order valence-electron chi connectivity index (χ0n) is 14.2. The molecule has 0 radical (unpaired) electrons. The summed E-state index contributed by atoms with van der Waals surface area (Å²) in [5, 5.41) is 0. The lowest BCUT2D eigenvalue weighted by Gasteiger charge is -2.48. The van der Waals surface area contributed by atoms with Gasteiger partial charge in [0.05, 0.1) is 5.41 Å². The van der Waals surface area contributed by atoms with Gasteiger partial charge in [-0.1, -0.05) is 38.8 Å². The third-order valence-corrected chi connectivity index (χ3v) is 7.19. The van der Waals surface area contributed by atoms with Gasteiger partial charge in [0.25, 0.3) is 0 Å². The second kappa shape index (κ2) is 3.73. The number of hydrogen-bond acceptors (Lipinski definition) is 1. The van der Waals surface area contributed by atoms with Gasteiger partial charge in [-0.3, -0.25) is 4.79 Å². The van der Waals surface area contributed by atoms with Gasteiger partial charge < -0.3 is 0 Å². The Morgan fingerprint density at radius 1 is 0.905 bits per heavy atom. The van der Waals surface area contributed by atoms with Crippen molar-refractivity contribution in [2.45, 2.75) is 73.1 Å². The number of hydrogen-bond donors (Lipinski definition) is 0. The average Bonchev–Trinajstić information content (AvgIpc) is 2.95. The third kappa shape index (κ3) is 1.56. The van der Waals surface area contributed by atoms with E-state index < -0.39 is 0 Å². The molecule has 0 heterocycles. The molecule has 0 aromatic carbocycles. The van der Waals surface area contributed by atoms with E-state index in [4.69, 9.17) is 0 Å². The van der Waals surface area contributed by atoms with Crippen molar-refractivity contribution in [2.75, 3.05) is 0 Å². The summed E-state index contributed by atoms with van der Waals surface area (Å²) in [4.78, 5) is 12.6. The Labute approximate surface area is 128 Å². The fraction of sp³-hybridized carbons (Fsp3) is 0.750. The number of allylic oxidation sites excluding steroid dienone is 4. The Morgan fingerprint density at radius 3 is 2.24 bits per heavy atom. The first-order valence-corrected chi connectivity index (χ1v) is 8.73. The fourth-order valence-electron chi connectivity index (χ4n) is 5.50. The van der Waals surface area contributed by atoms with E-state index in [1.54, 1.807) is 16.7 Å². The minimum atomic E-state index is -0.0786. The molecule has 4 rings (SSSR count). The predicted molar refractivity (Wildman–Crippen MR) is 85.9 cm³/mol. The first-order valence-electron chi connectivity index (χ1n) is 8.73. The summed E-state index contributed by atoms with van der Waals surface area (Å²) >= 11 is 0. The molecule has 1 nitrogen and oxygen atoms in total. The summed E-state index contributed by atoms with van der Waals surface area (Å²) in [6, 6.07) is 0. The van der Waals surface area contributed by atoms with Gasteiger partial charge in [0.1, 0.15) is 5.78 Å². The Kier molecular flexibility index (Phi) is 2.45. The molecule has 0 amide bonds. The summed E-state index contributed by atoms with van der Waals surface area (Å²) < 4.78 is 0. The molecule has 21 heavy (non-hydrogen) atoms. The van der Waals surface area contributed by atoms with Crippen LogP contribution in [0.25, 0.3) is 0 Å². The number of rotatable bonds is 1. The molecular weight excluding hydrogens is 256 g/mol. The first kappa shape index (κ1) is 13.8. The van der Waals surface area contributed by atoms with Gasteiger partial charge in [0.2, 0.25) is 0 Å². The van der Waals surface area contributed by atoms with Gasteiger partial charge in [0, 0.05) is 6.42 Å². The minimum absolute atomic E-state index is 0.0786. The lowest BCUT2D eigenvalue weighted by atomic mass is 9.55. The van der Waals surface area contributed by atoms with Gasteiger partial charge in [0.15, 0.2) is 0 Å². The van der Waals surface area contributed by atoms with Crippen LogP contribution in [-0.2, 0) is 4.79 Å². The number of fused-ring (bicyclic) bond motifs is 4. The van der Waals surface area contributed by atoms with Crippen LogP contribution in [0, 0.1) is 22.2 Å². The Balaban J connectivity index is 1.97. The summed E-state index contributed by atoms with van der Waals surface area (Å²) in [6.07, 6.45) is 6.91. The highest BCUT2D eigenvalue weighted by Crippen LogP contribution is 2.70. The zero-order valence-corrected chi connectivity index (χ0v) is 14.2. The topological polar surface area (TPSA) is 17.1 Å². The van der Waals surface area contributed by atoms with Crippen LogP contribution in [0.3, 0.4) is 0 Å². The van der Waals surface area contributed by atoms with Crippen LogP contribution in [0.1, 0.15) is 73.1 Å². The Hall–Kier alpha value is -0.850. The lowest BCUT2D eigenvalue weighted by Crippen LogP contribution is -2.39. The van der Waals surface area contributed by atoms with Crippen LogP contribution in [0.4, 0.5) is 0 Å². The quantitative estimate of drug-likeness (QED) is 0.645. The van der Waals surface area contributed by atoms with E-state index in [1.807, 2.05) is 0 Å². The lowest BCUT2D eigenvalue weighted by molar-refractivity contribution is -0.125. The van der Waals surface area contributed by atoms with Crippen LogP contribution in [0.2, 0.25) is 0 Å². The largest absolute Gasteiger partial charge is 0.299 e. The molecule has 0 N–H and O–H groups in total. The van der Waals surface area contributed by atoms with Crippen LogP contribution in [0.5, 0.6) is 0 Å². The van der Waals surface area contributed by atoms with Crippen molar-refractivity contribution in [1.82, 2.24) is 0 Å². The highest BCUT2D eigenvalue weighted by atomic mass is 16.1. The predicted octanol–water partition coefficient (Wildman–Crippen LogP) is 5.22. The number of carbonyl (C=O) groups is 1. The van der Waals surface area contributed by atoms with Gasteiger partial charge in [-0.25, -0.2) is 0 Å². The van der Waals surface area contributed by atoms with E-state index in [0.717, 1.165) is 12.8 Å². The summed E-state index contributed by atoms with van der Waals surface area (Å²) in [5.74, 6) is 1.16. The number of Topliss-reactive ketones (excluding diaryl/α,β-unsaturated/α-hetero) is 1. The summed E-state index contributed by atoms with van der Waals surface area (Å²) in [5.41, 5.74) is 7.03. The number of ketones is 1. The molecule has 0 aromatic rings. The molecule has 3 atom stereocenters. The van der Waals surface area contributed by atoms with E-state index >= 15 is 0 Å². The Bertz CT molecular complexity index is 620. The van der Waals surface area contributed by atoms with Crippen LogP contribution in [-0.4, -0.2) is 5.78 Å². The average molecular weight is 284 g/mol. The third-order valence-electron chi connectivity index (χ3n) is 7.19. The molecule has 0 aromatic heterocycles. The van der Waals surface area contributed by atoms with E-state index in [2.05, 4.69) is 34.6 Å². The molecule has 2 saturated carbocycles. The molecule has 114 valence electrons. The van der Waals surface area contributed by atoms with Gasteiger partial charge in [-0.15, -0.1) is 0 Å². The number of carbonyl (C=O) groups excluding carboxylic acids is 1. The second-order valence-corrected chi connectivity index (χ2v) is 9.14. The molecule has 2 fully saturated rings. The van der Waals surface area contributed by atoms with Crippen LogP contribution < -0.4 is 0 Å². The van der Waals surface area contributed by atoms with Gasteiger partial charge in [-0.05, 0) is 66.9 Å². The minimum Gasteiger partial charge on any atom is -0.299 e. The monoisotopic (exact) mass is 284 g/mol. The zero-order chi connectivity index (χ0) is 15.2. The van der Waals surface area contributed by atoms with Gasteiger partial charge in [-0.2, -0.15) is 0 Å². The highest BCUT2D eigenvalue weighted by Gasteiger charge is 2.62. The van der Waals surface area contributed by atoms with Crippen molar-refractivity contribution in [2.24, 2.45) is 22.2 Å². The normalized spacial score (nSPS) is 45.0. The first-order chi connectivity index (χ1) is 9.71. The maximum atomic E-state index is 12.6. The molecule has 4 aliphatic rings. The van der Waals surface area contributed by atoms with Crippen molar-refractivity contribution in [3.63, 3.8) is 0 Å². The van der Waals surface area contributed by atoms with Crippen molar-refractivity contribution < 1.29 is 4.79 Å². The molecule has 0 aliphatic heterocycles.